The Morgan fingerprint density at radius 3 is 2.60 bits per heavy atom. The first-order valence-corrected chi connectivity index (χ1v) is 7.75. The molecule has 2 rings (SSSR count). The zero-order valence-corrected chi connectivity index (χ0v) is 12.7. The van der Waals surface area contributed by atoms with Crippen LogP contribution in [0, 0.1) is 18.8 Å². The number of carbonyl (C=O) groups excluding carboxylic acids is 1. The first kappa shape index (κ1) is 15.0. The van der Waals surface area contributed by atoms with E-state index >= 15 is 0 Å². The van der Waals surface area contributed by atoms with Crippen LogP contribution in [-0.4, -0.2) is 33.9 Å². The molecule has 5 nitrogen and oxygen atoms in total. The summed E-state index contributed by atoms with van der Waals surface area (Å²) in [5.74, 6) is -1.80. The van der Waals surface area contributed by atoms with Gasteiger partial charge in [0.2, 0.25) is 5.91 Å². The van der Waals surface area contributed by atoms with Gasteiger partial charge in [-0.15, -0.1) is 11.3 Å². The standard InChI is InChI=1S/C14H20N2O3S/c1-9-12(20-8-15-9)7-16(2)13(17)10-5-3-4-6-11(10)14(18)19/h8,10-11H,3-7H2,1-2H3,(H,18,19)/t10-,11+/m1/s1. The van der Waals surface area contributed by atoms with Crippen molar-refractivity contribution in [3.63, 3.8) is 0 Å². The molecule has 1 aromatic heterocycles. The molecule has 1 aromatic rings. The maximum Gasteiger partial charge on any atom is 0.307 e. The molecule has 0 saturated heterocycles. The minimum atomic E-state index is -0.842. The van der Waals surface area contributed by atoms with Crippen LogP contribution in [0.1, 0.15) is 36.3 Å². The number of nitrogens with zero attached hydrogens (tertiary/aromatic N) is 2. The van der Waals surface area contributed by atoms with Crippen molar-refractivity contribution in [2.24, 2.45) is 11.8 Å². The lowest BCUT2D eigenvalue weighted by molar-refractivity contribution is -0.152. The molecule has 0 radical (unpaired) electrons. The number of carboxylic acids is 1. The van der Waals surface area contributed by atoms with Gasteiger partial charge < -0.3 is 10.0 Å². The van der Waals surface area contributed by atoms with Gasteiger partial charge in [-0.25, -0.2) is 4.98 Å². The third kappa shape index (κ3) is 3.17. The van der Waals surface area contributed by atoms with E-state index in [0.717, 1.165) is 23.4 Å². The third-order valence-electron chi connectivity index (χ3n) is 4.00. The molecule has 0 spiro atoms. The van der Waals surface area contributed by atoms with E-state index in [1.54, 1.807) is 17.5 Å². The minimum Gasteiger partial charge on any atom is -0.481 e. The Balaban J connectivity index is 2.05. The molecule has 6 heteroatoms. The quantitative estimate of drug-likeness (QED) is 0.925. The van der Waals surface area contributed by atoms with Crippen molar-refractivity contribution >= 4 is 23.2 Å². The summed E-state index contributed by atoms with van der Waals surface area (Å²) in [4.78, 5) is 30.7. The van der Waals surface area contributed by atoms with Gasteiger partial charge in [0, 0.05) is 11.9 Å². The van der Waals surface area contributed by atoms with Gasteiger partial charge >= 0.3 is 5.97 Å². The van der Waals surface area contributed by atoms with Crippen LogP contribution in [0.4, 0.5) is 0 Å². The number of thiazole rings is 1. The maximum absolute atomic E-state index is 12.5. The fraction of sp³-hybridized carbons (Fsp3) is 0.643. The molecule has 1 fully saturated rings. The number of hydrogen-bond acceptors (Lipinski definition) is 4. The summed E-state index contributed by atoms with van der Waals surface area (Å²) < 4.78 is 0. The summed E-state index contributed by atoms with van der Waals surface area (Å²) in [7, 11) is 1.75. The average Bonchev–Trinajstić information content (AvgIpc) is 2.83. The molecular formula is C14H20N2O3S. The molecule has 1 N–H and O–H groups in total. The van der Waals surface area contributed by atoms with E-state index in [1.807, 2.05) is 6.92 Å². The van der Waals surface area contributed by atoms with Crippen LogP contribution in [0.5, 0.6) is 0 Å². The Bertz CT molecular complexity index is 500. The SMILES string of the molecule is Cc1ncsc1CN(C)C(=O)[C@@H]1CCCC[C@@H]1C(=O)O. The number of amides is 1. The maximum atomic E-state index is 12.5. The zero-order valence-electron chi connectivity index (χ0n) is 11.8. The first-order chi connectivity index (χ1) is 9.50. The van der Waals surface area contributed by atoms with Crippen molar-refractivity contribution in [3.8, 4) is 0 Å². The summed E-state index contributed by atoms with van der Waals surface area (Å²) >= 11 is 1.53. The second-order valence-electron chi connectivity index (χ2n) is 5.39. The van der Waals surface area contributed by atoms with Gasteiger partial charge in [-0.05, 0) is 19.8 Å². The average molecular weight is 296 g/mol. The summed E-state index contributed by atoms with van der Waals surface area (Å²) in [5, 5.41) is 9.26. The van der Waals surface area contributed by atoms with E-state index in [2.05, 4.69) is 4.98 Å². The lowest BCUT2D eigenvalue weighted by Gasteiger charge is -2.30. The van der Waals surface area contributed by atoms with Crippen LogP contribution >= 0.6 is 11.3 Å². The van der Waals surface area contributed by atoms with E-state index in [1.165, 1.54) is 11.3 Å². The molecule has 1 heterocycles. The monoisotopic (exact) mass is 296 g/mol. The Labute approximate surface area is 122 Å². The van der Waals surface area contributed by atoms with E-state index in [0.29, 0.717) is 19.4 Å². The molecule has 0 aromatic carbocycles. The van der Waals surface area contributed by atoms with Crippen LogP contribution in [-0.2, 0) is 16.1 Å². The molecule has 0 bridgehead atoms. The van der Waals surface area contributed by atoms with Crippen molar-refractivity contribution in [3.05, 3.63) is 16.1 Å². The molecule has 0 unspecified atom stereocenters. The third-order valence-corrected chi connectivity index (χ3v) is 4.92. The molecule has 0 aliphatic heterocycles. The highest BCUT2D eigenvalue weighted by Gasteiger charge is 2.37. The Hall–Kier alpha value is -1.43. The van der Waals surface area contributed by atoms with E-state index in [-0.39, 0.29) is 11.8 Å². The highest BCUT2D eigenvalue weighted by atomic mass is 32.1. The summed E-state index contributed by atoms with van der Waals surface area (Å²) in [6.07, 6.45) is 3.13. The van der Waals surface area contributed by atoms with Gasteiger partial charge in [0.15, 0.2) is 0 Å². The Morgan fingerprint density at radius 2 is 2.05 bits per heavy atom. The normalized spacial score (nSPS) is 22.5. The Morgan fingerprint density at radius 1 is 1.40 bits per heavy atom. The van der Waals surface area contributed by atoms with Gasteiger partial charge in [0.1, 0.15) is 0 Å². The van der Waals surface area contributed by atoms with Crippen molar-refractivity contribution in [2.45, 2.75) is 39.2 Å². The summed E-state index contributed by atoms with van der Waals surface area (Å²) in [6, 6.07) is 0. The summed E-state index contributed by atoms with van der Waals surface area (Å²) in [5.41, 5.74) is 2.71. The lowest BCUT2D eigenvalue weighted by atomic mass is 9.78. The smallest absolute Gasteiger partial charge is 0.307 e. The second-order valence-corrected chi connectivity index (χ2v) is 6.33. The number of carbonyl (C=O) groups is 2. The zero-order chi connectivity index (χ0) is 14.7. The number of rotatable bonds is 4. The largest absolute Gasteiger partial charge is 0.481 e. The van der Waals surface area contributed by atoms with Gasteiger partial charge in [-0.3, -0.25) is 9.59 Å². The van der Waals surface area contributed by atoms with E-state index in [4.69, 9.17) is 0 Å². The predicted octanol–water partition coefficient (Wildman–Crippen LogP) is 2.30. The fourth-order valence-electron chi connectivity index (χ4n) is 2.78. The fourth-order valence-corrected chi connectivity index (χ4v) is 3.61. The summed E-state index contributed by atoms with van der Waals surface area (Å²) in [6.45, 7) is 2.43. The van der Waals surface area contributed by atoms with Gasteiger partial charge in [0.25, 0.3) is 0 Å². The van der Waals surface area contributed by atoms with Crippen LogP contribution < -0.4 is 0 Å². The number of carboxylic acid groups (broad SMARTS) is 1. The lowest BCUT2D eigenvalue weighted by Crippen LogP contribution is -2.40. The van der Waals surface area contributed by atoms with Crippen LogP contribution in [0.2, 0.25) is 0 Å². The number of aliphatic carboxylic acids is 1. The van der Waals surface area contributed by atoms with E-state index in [9.17, 15) is 14.7 Å². The van der Waals surface area contributed by atoms with E-state index < -0.39 is 11.9 Å². The molecule has 1 saturated carbocycles. The van der Waals surface area contributed by atoms with Gasteiger partial charge in [-0.1, -0.05) is 12.8 Å². The topological polar surface area (TPSA) is 70.5 Å². The molecule has 20 heavy (non-hydrogen) atoms. The number of aromatic nitrogens is 1. The number of hydrogen-bond donors (Lipinski definition) is 1. The second kappa shape index (κ2) is 6.35. The molecule has 1 amide bonds. The first-order valence-electron chi connectivity index (χ1n) is 6.87. The van der Waals surface area contributed by atoms with Crippen molar-refractivity contribution in [1.82, 2.24) is 9.88 Å². The Kier molecular flexibility index (Phi) is 4.75. The molecule has 110 valence electrons. The highest BCUT2D eigenvalue weighted by molar-refractivity contribution is 7.09. The minimum absolute atomic E-state index is 0.0510. The number of aryl methyl sites for hydroxylation is 1. The molecular weight excluding hydrogens is 276 g/mol. The van der Waals surface area contributed by atoms with Crippen LogP contribution in [0.3, 0.4) is 0 Å². The van der Waals surface area contributed by atoms with Crippen LogP contribution in [0.25, 0.3) is 0 Å². The van der Waals surface area contributed by atoms with Crippen molar-refractivity contribution < 1.29 is 14.7 Å². The van der Waals surface area contributed by atoms with Crippen molar-refractivity contribution in [1.29, 1.82) is 0 Å². The van der Waals surface area contributed by atoms with Gasteiger partial charge in [-0.2, -0.15) is 0 Å². The van der Waals surface area contributed by atoms with Crippen molar-refractivity contribution in [2.75, 3.05) is 7.05 Å². The molecule has 1 aliphatic rings. The highest BCUT2D eigenvalue weighted by Crippen LogP contribution is 2.32. The predicted molar refractivity (Wildman–Crippen MR) is 76.4 cm³/mol. The molecule has 2 atom stereocenters. The molecule has 1 aliphatic carbocycles. The van der Waals surface area contributed by atoms with Crippen LogP contribution in [0.15, 0.2) is 5.51 Å². The van der Waals surface area contributed by atoms with Gasteiger partial charge in [0.05, 0.1) is 29.6 Å².